The van der Waals surface area contributed by atoms with Gasteiger partial charge in [-0.15, -0.1) is 0 Å². The summed E-state index contributed by atoms with van der Waals surface area (Å²) in [6.45, 7) is 3.47. The number of aryl methyl sites for hydroxylation is 3. The summed E-state index contributed by atoms with van der Waals surface area (Å²) in [5.41, 5.74) is 4.90. The highest BCUT2D eigenvalue weighted by molar-refractivity contribution is 7.92. The summed E-state index contributed by atoms with van der Waals surface area (Å²) < 4.78 is 28.4. The number of hydrogen-bond acceptors (Lipinski definition) is 3. The van der Waals surface area contributed by atoms with Gasteiger partial charge in [-0.05, 0) is 86.1 Å². The van der Waals surface area contributed by atoms with Crippen LogP contribution in [0.3, 0.4) is 0 Å². The Morgan fingerprint density at radius 2 is 1.58 bits per heavy atom. The average Bonchev–Trinajstić information content (AvgIpc) is 2.85. The molecule has 190 valence electrons. The zero-order valence-corrected chi connectivity index (χ0v) is 22.8. The SMILES string of the molecule is CC[C@H](NC(=O)CN(c1cc(Cl)cc(Cl)c1)S(=O)(=O)c1ccc(C)cc1)c1ccc2c(c1)CCCC2. The van der Waals surface area contributed by atoms with Crippen molar-refractivity contribution in [2.75, 3.05) is 10.8 Å². The van der Waals surface area contributed by atoms with E-state index in [4.69, 9.17) is 23.2 Å². The van der Waals surface area contributed by atoms with E-state index >= 15 is 0 Å². The summed E-state index contributed by atoms with van der Waals surface area (Å²) in [6, 6.07) is 17.2. The van der Waals surface area contributed by atoms with Gasteiger partial charge >= 0.3 is 0 Å². The zero-order chi connectivity index (χ0) is 25.9. The fourth-order valence-corrected chi connectivity index (χ4v) is 6.52. The molecule has 3 aromatic rings. The first kappa shape index (κ1) is 26.5. The van der Waals surface area contributed by atoms with Crippen molar-refractivity contribution in [3.8, 4) is 0 Å². The van der Waals surface area contributed by atoms with E-state index in [1.54, 1.807) is 12.1 Å². The Kier molecular flexibility index (Phi) is 8.28. The van der Waals surface area contributed by atoms with Gasteiger partial charge in [0.05, 0.1) is 16.6 Å². The average molecular weight is 546 g/mol. The van der Waals surface area contributed by atoms with Gasteiger partial charge in [0.25, 0.3) is 10.0 Å². The van der Waals surface area contributed by atoms with Gasteiger partial charge in [-0.1, -0.05) is 66.0 Å². The van der Waals surface area contributed by atoms with Crippen molar-refractivity contribution < 1.29 is 13.2 Å². The standard InChI is InChI=1S/C28H30Cl2N2O3S/c1-3-27(22-11-10-20-6-4-5-7-21(20)14-22)31-28(33)18-32(25-16-23(29)15-24(30)17-25)36(34,35)26-12-8-19(2)9-13-26/h8-17,27H,3-7,18H2,1-2H3,(H,31,33)/t27-/m0/s1. The highest BCUT2D eigenvalue weighted by Crippen LogP contribution is 2.30. The molecule has 1 aliphatic carbocycles. The fourth-order valence-electron chi connectivity index (χ4n) is 4.60. The van der Waals surface area contributed by atoms with Crippen molar-refractivity contribution in [3.05, 3.63) is 93.0 Å². The molecule has 0 fully saturated rings. The summed E-state index contributed by atoms with van der Waals surface area (Å²) in [4.78, 5) is 13.4. The molecule has 0 aromatic heterocycles. The molecule has 36 heavy (non-hydrogen) atoms. The van der Waals surface area contributed by atoms with E-state index in [2.05, 4.69) is 23.5 Å². The Balaban J connectivity index is 1.62. The number of carbonyl (C=O) groups is 1. The van der Waals surface area contributed by atoms with E-state index in [1.165, 1.54) is 54.3 Å². The third-order valence-corrected chi connectivity index (χ3v) is 8.77. The lowest BCUT2D eigenvalue weighted by Gasteiger charge is -2.26. The number of fused-ring (bicyclic) bond motifs is 1. The van der Waals surface area contributed by atoms with Gasteiger partial charge < -0.3 is 5.32 Å². The van der Waals surface area contributed by atoms with Crippen LogP contribution in [-0.4, -0.2) is 20.9 Å². The summed E-state index contributed by atoms with van der Waals surface area (Å²) in [7, 11) is -4.06. The van der Waals surface area contributed by atoms with Gasteiger partial charge in [0.2, 0.25) is 5.91 Å². The van der Waals surface area contributed by atoms with E-state index in [1.807, 2.05) is 13.8 Å². The van der Waals surface area contributed by atoms with Gasteiger partial charge in [0, 0.05) is 10.0 Å². The highest BCUT2D eigenvalue weighted by Gasteiger charge is 2.28. The molecular formula is C28H30Cl2N2O3S. The van der Waals surface area contributed by atoms with Gasteiger partial charge in [0.1, 0.15) is 6.54 Å². The number of rotatable bonds is 8. The van der Waals surface area contributed by atoms with Crippen molar-refractivity contribution in [1.82, 2.24) is 5.32 Å². The van der Waals surface area contributed by atoms with Crippen molar-refractivity contribution >= 4 is 44.8 Å². The molecule has 4 rings (SSSR count). The summed E-state index contributed by atoms with van der Waals surface area (Å²) >= 11 is 12.4. The molecule has 5 nitrogen and oxygen atoms in total. The maximum atomic E-state index is 13.6. The van der Waals surface area contributed by atoms with Crippen molar-refractivity contribution in [3.63, 3.8) is 0 Å². The lowest BCUT2D eigenvalue weighted by Crippen LogP contribution is -2.42. The zero-order valence-electron chi connectivity index (χ0n) is 20.4. The van der Waals surface area contributed by atoms with Crippen molar-refractivity contribution in [2.45, 2.75) is 56.9 Å². The third kappa shape index (κ3) is 6.05. The molecule has 1 N–H and O–H groups in total. The minimum absolute atomic E-state index is 0.0822. The Labute approximate surface area is 223 Å². The first-order valence-corrected chi connectivity index (χ1v) is 14.3. The van der Waals surface area contributed by atoms with Crippen LogP contribution < -0.4 is 9.62 Å². The second-order valence-electron chi connectivity index (χ2n) is 9.22. The van der Waals surface area contributed by atoms with Gasteiger partial charge in [-0.3, -0.25) is 9.10 Å². The minimum Gasteiger partial charge on any atom is -0.348 e. The van der Waals surface area contributed by atoms with Gasteiger partial charge in [0.15, 0.2) is 0 Å². The van der Waals surface area contributed by atoms with Crippen LogP contribution in [0.15, 0.2) is 65.6 Å². The van der Waals surface area contributed by atoms with Crippen LogP contribution in [-0.2, 0) is 27.7 Å². The number of nitrogens with one attached hydrogen (secondary N) is 1. The summed E-state index contributed by atoms with van der Waals surface area (Å²) in [5, 5.41) is 3.60. The van der Waals surface area contributed by atoms with E-state index in [-0.39, 0.29) is 26.7 Å². The summed E-state index contributed by atoms with van der Waals surface area (Å²) in [6.07, 6.45) is 5.20. The molecule has 0 saturated heterocycles. The number of carbonyl (C=O) groups excluding carboxylic acids is 1. The van der Waals surface area contributed by atoms with Crippen LogP contribution in [0.25, 0.3) is 0 Å². The first-order chi connectivity index (χ1) is 17.2. The topological polar surface area (TPSA) is 66.5 Å². The van der Waals surface area contributed by atoms with E-state index in [0.29, 0.717) is 6.42 Å². The predicted molar refractivity (Wildman–Crippen MR) is 146 cm³/mol. The lowest BCUT2D eigenvalue weighted by atomic mass is 9.89. The lowest BCUT2D eigenvalue weighted by molar-refractivity contribution is -0.120. The van der Waals surface area contributed by atoms with Gasteiger partial charge in [-0.2, -0.15) is 0 Å². The van der Waals surface area contributed by atoms with Crippen LogP contribution in [0.2, 0.25) is 10.0 Å². The molecular weight excluding hydrogens is 515 g/mol. The summed E-state index contributed by atoms with van der Waals surface area (Å²) in [5.74, 6) is -0.411. The smallest absolute Gasteiger partial charge is 0.264 e. The highest BCUT2D eigenvalue weighted by atomic mass is 35.5. The third-order valence-electron chi connectivity index (χ3n) is 6.55. The van der Waals surface area contributed by atoms with Crippen molar-refractivity contribution in [2.24, 2.45) is 0 Å². The molecule has 1 amide bonds. The molecule has 0 heterocycles. The molecule has 8 heteroatoms. The van der Waals surface area contributed by atoms with Crippen LogP contribution in [0.4, 0.5) is 5.69 Å². The van der Waals surface area contributed by atoms with Crippen LogP contribution >= 0.6 is 23.2 Å². The maximum absolute atomic E-state index is 13.6. The molecule has 1 atom stereocenters. The molecule has 0 spiro atoms. The largest absolute Gasteiger partial charge is 0.348 e. The van der Waals surface area contributed by atoms with E-state index in [0.717, 1.165) is 28.3 Å². The molecule has 0 saturated carbocycles. The molecule has 1 aliphatic rings. The molecule has 0 aliphatic heterocycles. The number of benzene rings is 3. The van der Waals surface area contributed by atoms with E-state index < -0.39 is 22.5 Å². The Bertz CT molecular complexity index is 1340. The Morgan fingerprint density at radius 1 is 0.944 bits per heavy atom. The van der Waals surface area contributed by atoms with E-state index in [9.17, 15) is 13.2 Å². The second-order valence-corrected chi connectivity index (χ2v) is 12.0. The van der Waals surface area contributed by atoms with Crippen LogP contribution in [0, 0.1) is 6.92 Å². The first-order valence-electron chi connectivity index (χ1n) is 12.1. The molecule has 0 unspecified atom stereocenters. The maximum Gasteiger partial charge on any atom is 0.264 e. The quantitative estimate of drug-likeness (QED) is 0.345. The predicted octanol–water partition coefficient (Wildman–Crippen LogP) is 6.64. The number of halogens is 2. The number of hydrogen-bond donors (Lipinski definition) is 1. The minimum atomic E-state index is -4.06. The molecule has 0 radical (unpaired) electrons. The molecule has 0 bridgehead atoms. The number of nitrogens with zero attached hydrogens (tertiary/aromatic N) is 1. The Hall–Kier alpha value is -2.54. The second kappa shape index (κ2) is 11.2. The van der Waals surface area contributed by atoms with Gasteiger partial charge in [-0.25, -0.2) is 8.42 Å². The normalized spacial score (nSPS) is 14.1. The molecule has 3 aromatic carbocycles. The van der Waals surface area contributed by atoms with Crippen LogP contribution in [0.5, 0.6) is 0 Å². The fraction of sp³-hybridized carbons (Fsp3) is 0.321. The monoisotopic (exact) mass is 544 g/mol. The number of sulfonamides is 1. The number of anilines is 1. The number of amides is 1. The van der Waals surface area contributed by atoms with Crippen LogP contribution in [0.1, 0.15) is 54.5 Å². The van der Waals surface area contributed by atoms with Crippen molar-refractivity contribution in [1.29, 1.82) is 0 Å². The Morgan fingerprint density at radius 3 is 2.22 bits per heavy atom.